The van der Waals surface area contributed by atoms with Crippen molar-refractivity contribution in [2.45, 2.75) is 82.7 Å². The molecule has 0 radical (unpaired) electrons. The van der Waals surface area contributed by atoms with Crippen molar-refractivity contribution in [1.29, 1.82) is 0 Å². The number of carbonyl (C=O) groups is 6. The van der Waals surface area contributed by atoms with E-state index in [9.17, 15) is 28.8 Å². The maximum absolute atomic E-state index is 13.3. The molecular weight excluding hydrogens is 715 g/mol. The van der Waals surface area contributed by atoms with Crippen molar-refractivity contribution in [3.63, 3.8) is 0 Å². The van der Waals surface area contributed by atoms with Crippen LogP contribution < -0.4 is 21.3 Å². The van der Waals surface area contributed by atoms with E-state index in [-0.39, 0.29) is 35.8 Å². The number of amides is 6. The van der Waals surface area contributed by atoms with Crippen LogP contribution in [0, 0.1) is 0 Å². The third kappa shape index (κ3) is 7.97. The molecule has 2 aromatic heterocycles. The Hall–Kier alpha value is -6.12. The first kappa shape index (κ1) is 38.2. The van der Waals surface area contributed by atoms with Gasteiger partial charge in [0.25, 0.3) is 23.6 Å². The van der Waals surface area contributed by atoms with Gasteiger partial charge in [0.15, 0.2) is 0 Å². The minimum absolute atomic E-state index is 0.0736. The van der Waals surface area contributed by atoms with Crippen LogP contribution in [0.1, 0.15) is 118 Å². The van der Waals surface area contributed by atoms with Crippen LogP contribution >= 0.6 is 0 Å². The fourth-order valence-corrected chi connectivity index (χ4v) is 7.77. The molecule has 15 nitrogen and oxygen atoms in total. The lowest BCUT2D eigenvalue weighted by atomic mass is 10.0. The maximum Gasteiger partial charge on any atom is 0.264 e. The van der Waals surface area contributed by atoms with Gasteiger partial charge in [-0.3, -0.25) is 39.0 Å². The van der Waals surface area contributed by atoms with E-state index < -0.39 is 29.7 Å². The number of anilines is 3. The van der Waals surface area contributed by atoms with Gasteiger partial charge in [-0.2, -0.15) is 4.98 Å². The lowest BCUT2D eigenvalue weighted by molar-refractivity contribution is -0.136. The van der Waals surface area contributed by atoms with Crippen molar-refractivity contribution in [1.82, 2.24) is 35.0 Å². The van der Waals surface area contributed by atoms with Gasteiger partial charge < -0.3 is 25.4 Å². The van der Waals surface area contributed by atoms with Gasteiger partial charge in [0.1, 0.15) is 11.7 Å². The predicted octanol–water partition coefficient (Wildman–Crippen LogP) is 5.19. The Balaban J connectivity index is 0.829. The van der Waals surface area contributed by atoms with Gasteiger partial charge in [0, 0.05) is 69.0 Å². The predicted molar refractivity (Wildman–Crippen MR) is 210 cm³/mol. The highest BCUT2D eigenvalue weighted by Crippen LogP contribution is 2.35. The molecule has 1 saturated heterocycles. The van der Waals surface area contributed by atoms with E-state index in [1.54, 1.807) is 55.5 Å². The molecule has 4 N–H and O–H groups in total. The third-order valence-corrected chi connectivity index (χ3v) is 10.8. The fourth-order valence-electron chi connectivity index (χ4n) is 7.77. The number of imide groups is 2. The molecule has 56 heavy (non-hydrogen) atoms. The summed E-state index contributed by atoms with van der Waals surface area (Å²) in [6, 6.07) is 11.5. The number of hydrogen-bond acceptors (Lipinski definition) is 10. The Morgan fingerprint density at radius 1 is 0.893 bits per heavy atom. The summed E-state index contributed by atoms with van der Waals surface area (Å²) in [7, 11) is 3.48. The van der Waals surface area contributed by atoms with E-state index in [4.69, 9.17) is 4.98 Å². The van der Waals surface area contributed by atoms with Gasteiger partial charge in [-0.1, -0.05) is 38.2 Å². The molecule has 0 spiro atoms. The van der Waals surface area contributed by atoms with E-state index in [1.165, 1.54) is 0 Å². The van der Waals surface area contributed by atoms with Gasteiger partial charge in [0.2, 0.25) is 17.8 Å². The number of fused-ring (bicyclic) bond motifs is 2. The summed E-state index contributed by atoms with van der Waals surface area (Å²) in [6.07, 6.45) is 12.8. The Morgan fingerprint density at radius 3 is 2.36 bits per heavy atom. The largest absolute Gasteiger partial charge is 0.384 e. The first-order valence-corrected chi connectivity index (χ1v) is 19.4. The van der Waals surface area contributed by atoms with Crippen LogP contribution in [0.15, 0.2) is 54.9 Å². The lowest BCUT2D eigenvalue weighted by Gasteiger charge is -2.27. The SMILES string of the molecule is CN(C)C(=O)c1cn(C2CCCC2)c2nc(Nc3ccc(C(=O)NCCCCCCCNc4cccc5c4C(=O)N(C4CCC(=O)NC4=O)C5=O)cc3)ncc12. The second-order valence-electron chi connectivity index (χ2n) is 14.8. The molecule has 2 fully saturated rings. The highest BCUT2D eigenvalue weighted by Gasteiger charge is 2.45. The van der Waals surface area contributed by atoms with Gasteiger partial charge in [-0.15, -0.1) is 0 Å². The Labute approximate surface area is 324 Å². The number of benzene rings is 2. The summed E-state index contributed by atoms with van der Waals surface area (Å²) in [5.74, 6) is -1.90. The molecule has 1 aliphatic carbocycles. The van der Waals surface area contributed by atoms with Crippen LogP contribution in [0.25, 0.3) is 11.0 Å². The average molecular weight is 762 g/mol. The van der Waals surface area contributed by atoms with Gasteiger partial charge in [0.05, 0.1) is 22.1 Å². The fraction of sp³-hybridized carbons (Fsp3) is 0.415. The number of unbranched alkanes of at least 4 members (excludes halogenated alkanes) is 4. The molecule has 292 valence electrons. The molecule has 3 aliphatic rings. The maximum atomic E-state index is 13.3. The van der Waals surface area contributed by atoms with Crippen LogP contribution in [-0.2, 0) is 9.59 Å². The summed E-state index contributed by atoms with van der Waals surface area (Å²) in [4.78, 5) is 87.9. The second-order valence-corrected chi connectivity index (χ2v) is 14.8. The lowest BCUT2D eigenvalue weighted by Crippen LogP contribution is -2.54. The van der Waals surface area contributed by atoms with Gasteiger partial charge in [-0.25, -0.2) is 4.98 Å². The van der Waals surface area contributed by atoms with Crippen molar-refractivity contribution in [2.75, 3.05) is 37.8 Å². The summed E-state index contributed by atoms with van der Waals surface area (Å²) in [6.45, 7) is 1.16. The zero-order valence-electron chi connectivity index (χ0n) is 31.7. The number of rotatable bonds is 15. The Bertz CT molecular complexity index is 2170. The normalized spacial score (nSPS) is 17.0. The molecule has 2 aromatic carbocycles. The Kier molecular flexibility index (Phi) is 11.4. The van der Waals surface area contributed by atoms with Crippen molar-refractivity contribution < 1.29 is 28.8 Å². The molecular formula is C41H47N9O6. The minimum atomic E-state index is -0.999. The quantitative estimate of drug-likeness (QED) is 0.0928. The highest BCUT2D eigenvalue weighted by atomic mass is 16.2. The highest BCUT2D eigenvalue weighted by molar-refractivity contribution is 6.25. The molecule has 1 unspecified atom stereocenters. The van der Waals surface area contributed by atoms with Crippen molar-refractivity contribution in [3.8, 4) is 0 Å². The Morgan fingerprint density at radius 2 is 1.62 bits per heavy atom. The monoisotopic (exact) mass is 761 g/mol. The summed E-state index contributed by atoms with van der Waals surface area (Å²) < 4.78 is 2.13. The number of hydrogen-bond donors (Lipinski definition) is 4. The van der Waals surface area contributed by atoms with Crippen LogP contribution in [0.4, 0.5) is 17.3 Å². The molecule has 4 aromatic rings. The molecule has 4 heterocycles. The number of nitrogens with one attached hydrogen (secondary N) is 4. The topological polar surface area (TPSA) is 188 Å². The number of nitrogens with zero attached hydrogens (tertiary/aromatic N) is 5. The number of aromatic nitrogens is 3. The summed E-state index contributed by atoms with van der Waals surface area (Å²) >= 11 is 0. The zero-order valence-corrected chi connectivity index (χ0v) is 31.7. The standard InChI is InChI=1S/C41H47N9O6/c1-48(2)38(54)30-24-49(27-11-6-7-12-27)35-29(30)23-44-41(47-35)45-26-17-15-25(16-18-26)36(52)43-22-9-5-3-4-8-21-42-31-14-10-13-28-34(31)40(56)50(39(28)55)32-19-20-33(51)46-37(32)53/h10,13-18,23-24,27,32,42H,3-9,11-12,19-22H2,1-2H3,(H,43,52)(H,44,45,47)(H,46,51,53). The second kappa shape index (κ2) is 16.7. The average Bonchev–Trinajstić information content (AvgIpc) is 3.91. The van der Waals surface area contributed by atoms with Crippen LogP contribution in [0.5, 0.6) is 0 Å². The first-order valence-electron chi connectivity index (χ1n) is 19.4. The van der Waals surface area contributed by atoms with E-state index in [0.717, 1.165) is 79.4 Å². The van der Waals surface area contributed by atoms with Crippen molar-refractivity contribution in [2.24, 2.45) is 0 Å². The molecule has 0 bridgehead atoms. The van der Waals surface area contributed by atoms with Gasteiger partial charge in [-0.05, 0) is 68.5 Å². The number of piperidine rings is 1. The van der Waals surface area contributed by atoms with E-state index >= 15 is 0 Å². The van der Waals surface area contributed by atoms with Crippen molar-refractivity contribution in [3.05, 3.63) is 77.1 Å². The molecule has 6 amide bonds. The van der Waals surface area contributed by atoms with Crippen molar-refractivity contribution >= 4 is 63.8 Å². The van der Waals surface area contributed by atoms with E-state index in [0.29, 0.717) is 41.9 Å². The van der Waals surface area contributed by atoms with E-state index in [2.05, 4.69) is 30.8 Å². The van der Waals surface area contributed by atoms with Crippen LogP contribution in [-0.4, -0.2) is 93.0 Å². The van der Waals surface area contributed by atoms with Crippen LogP contribution in [0.2, 0.25) is 0 Å². The smallest absolute Gasteiger partial charge is 0.264 e. The molecule has 15 heteroatoms. The van der Waals surface area contributed by atoms with E-state index in [1.807, 2.05) is 18.3 Å². The third-order valence-electron chi connectivity index (χ3n) is 10.8. The summed E-state index contributed by atoms with van der Waals surface area (Å²) in [5.41, 5.74) is 3.69. The molecule has 7 rings (SSSR count). The molecule has 2 aliphatic heterocycles. The van der Waals surface area contributed by atoms with Crippen LogP contribution in [0.3, 0.4) is 0 Å². The molecule has 1 saturated carbocycles. The first-order chi connectivity index (χ1) is 27.1. The zero-order chi connectivity index (χ0) is 39.3. The molecule has 1 atom stereocenters. The minimum Gasteiger partial charge on any atom is -0.384 e. The number of carbonyl (C=O) groups excluding carboxylic acids is 6. The summed E-state index contributed by atoms with van der Waals surface area (Å²) in [5, 5.41) is 12.5. The van der Waals surface area contributed by atoms with Gasteiger partial charge >= 0.3 is 0 Å².